The van der Waals surface area contributed by atoms with Gasteiger partial charge in [0.25, 0.3) is 0 Å². The first-order chi connectivity index (χ1) is 16.6. The van der Waals surface area contributed by atoms with E-state index < -0.39 is 39.2 Å². The summed E-state index contributed by atoms with van der Waals surface area (Å²) in [5.41, 5.74) is 2.34. The van der Waals surface area contributed by atoms with Crippen molar-refractivity contribution in [3.05, 3.63) is 94.5 Å². The van der Waals surface area contributed by atoms with Crippen LogP contribution >= 0.6 is 23.4 Å². The van der Waals surface area contributed by atoms with Crippen LogP contribution in [-0.2, 0) is 14.8 Å². The molecule has 3 aromatic carbocycles. The predicted octanol–water partition coefficient (Wildman–Crippen LogP) is 6.34. The molecule has 1 aliphatic rings. The van der Waals surface area contributed by atoms with Gasteiger partial charge in [-0.1, -0.05) is 66.6 Å². The average molecular weight is 530 g/mol. The molecule has 8 heteroatoms. The highest BCUT2D eigenvalue weighted by atomic mass is 35.5. The fourth-order valence-electron chi connectivity index (χ4n) is 4.84. The van der Waals surface area contributed by atoms with Gasteiger partial charge in [-0.05, 0) is 61.7 Å². The lowest BCUT2D eigenvalue weighted by atomic mass is 9.93. The third-order valence-corrected chi connectivity index (χ3v) is 10.3. The van der Waals surface area contributed by atoms with Crippen LogP contribution in [-0.4, -0.2) is 35.1 Å². The van der Waals surface area contributed by atoms with Gasteiger partial charge in [-0.3, -0.25) is 4.79 Å². The zero-order valence-corrected chi connectivity index (χ0v) is 22.1. The average Bonchev–Trinajstić information content (AvgIpc) is 3.16. The van der Waals surface area contributed by atoms with Crippen LogP contribution in [0.15, 0.2) is 82.6 Å². The van der Waals surface area contributed by atoms with Crippen molar-refractivity contribution in [2.75, 3.05) is 0 Å². The first-order valence-electron chi connectivity index (χ1n) is 11.5. The number of carboxylic acid groups (broad SMARTS) is 1. The standard InChI is InChI=1S/C27H28ClNO4S2/c1-4-22-26(34-21-15-9-17(2)10-16-21)24(27(30)31)25(19-11-13-20(28)14-12-19)29(22)35(32,33)23-8-6-5-7-18(23)3/h5-16,22,24-26H,4H2,1-3H3,(H,30,31)/t22-,24+,25+,26-/m1/s1. The molecule has 0 saturated carbocycles. The smallest absolute Gasteiger partial charge is 0.309 e. The normalized spacial score (nSPS) is 22.9. The Hall–Kier alpha value is -2.32. The van der Waals surface area contributed by atoms with Crippen molar-refractivity contribution in [1.82, 2.24) is 4.31 Å². The second-order valence-corrected chi connectivity index (χ2v) is 12.3. The van der Waals surface area contributed by atoms with Crippen molar-refractivity contribution in [2.45, 2.75) is 54.3 Å². The Morgan fingerprint density at radius 2 is 1.63 bits per heavy atom. The van der Waals surface area contributed by atoms with Crippen molar-refractivity contribution in [2.24, 2.45) is 5.92 Å². The molecule has 4 rings (SSSR count). The van der Waals surface area contributed by atoms with E-state index in [0.29, 0.717) is 22.6 Å². The highest BCUT2D eigenvalue weighted by Crippen LogP contribution is 2.51. The molecule has 0 radical (unpaired) electrons. The molecule has 1 heterocycles. The largest absolute Gasteiger partial charge is 0.481 e. The van der Waals surface area contributed by atoms with Gasteiger partial charge in [-0.25, -0.2) is 8.42 Å². The van der Waals surface area contributed by atoms with Crippen molar-refractivity contribution < 1.29 is 18.3 Å². The number of aliphatic carboxylic acids is 1. The van der Waals surface area contributed by atoms with Gasteiger partial charge in [0.1, 0.15) is 0 Å². The number of nitrogens with zero attached hydrogens (tertiary/aromatic N) is 1. The number of aryl methyl sites for hydroxylation is 2. The van der Waals surface area contributed by atoms with Crippen molar-refractivity contribution in [1.29, 1.82) is 0 Å². The summed E-state index contributed by atoms with van der Waals surface area (Å²) in [7, 11) is -4.01. The summed E-state index contributed by atoms with van der Waals surface area (Å²) < 4.78 is 29.8. The minimum absolute atomic E-state index is 0.197. The molecule has 3 aromatic rings. The van der Waals surface area contributed by atoms with E-state index in [9.17, 15) is 18.3 Å². The fraction of sp³-hybridized carbons (Fsp3) is 0.296. The number of hydrogen-bond donors (Lipinski definition) is 1. The summed E-state index contributed by atoms with van der Waals surface area (Å²) in [6.45, 7) is 5.66. The van der Waals surface area contributed by atoms with Gasteiger partial charge in [0, 0.05) is 21.2 Å². The Labute approximate surface area is 216 Å². The van der Waals surface area contributed by atoms with Gasteiger partial charge < -0.3 is 5.11 Å². The van der Waals surface area contributed by atoms with E-state index in [1.54, 1.807) is 55.5 Å². The second-order valence-electron chi connectivity index (χ2n) is 8.83. The van der Waals surface area contributed by atoms with Crippen LogP contribution in [0.4, 0.5) is 0 Å². The Bertz CT molecular complexity index is 1310. The molecular formula is C27H28ClNO4S2. The highest BCUT2D eigenvalue weighted by molar-refractivity contribution is 8.00. The van der Waals surface area contributed by atoms with Crippen LogP contribution in [0.2, 0.25) is 5.02 Å². The van der Waals surface area contributed by atoms with E-state index in [2.05, 4.69) is 0 Å². The number of sulfonamides is 1. The van der Waals surface area contributed by atoms with Crippen LogP contribution in [0.3, 0.4) is 0 Å². The van der Waals surface area contributed by atoms with Gasteiger partial charge in [0.05, 0.1) is 16.9 Å². The van der Waals surface area contributed by atoms with Crippen LogP contribution in [0, 0.1) is 19.8 Å². The maximum Gasteiger partial charge on any atom is 0.309 e. The van der Waals surface area contributed by atoms with Crippen LogP contribution in [0.1, 0.15) is 36.1 Å². The number of thioether (sulfide) groups is 1. The van der Waals surface area contributed by atoms with Crippen molar-refractivity contribution in [3.63, 3.8) is 0 Å². The van der Waals surface area contributed by atoms with Crippen LogP contribution < -0.4 is 0 Å². The van der Waals surface area contributed by atoms with Gasteiger partial charge in [0.2, 0.25) is 10.0 Å². The third kappa shape index (κ3) is 5.00. The number of halogens is 1. The quantitative estimate of drug-likeness (QED) is 0.386. The summed E-state index contributed by atoms with van der Waals surface area (Å²) in [4.78, 5) is 13.9. The minimum atomic E-state index is -4.01. The van der Waals surface area contributed by atoms with Crippen molar-refractivity contribution in [3.8, 4) is 0 Å². The first-order valence-corrected chi connectivity index (χ1v) is 14.2. The molecule has 0 aliphatic carbocycles. The summed E-state index contributed by atoms with van der Waals surface area (Å²) in [5.74, 6) is -1.97. The van der Waals surface area contributed by atoms with E-state index in [-0.39, 0.29) is 4.90 Å². The Morgan fingerprint density at radius 3 is 2.20 bits per heavy atom. The number of carbonyl (C=O) groups is 1. The molecular weight excluding hydrogens is 502 g/mol. The molecule has 184 valence electrons. The third-order valence-electron chi connectivity index (χ3n) is 6.53. The fourth-order valence-corrected chi connectivity index (χ4v) is 8.69. The summed E-state index contributed by atoms with van der Waals surface area (Å²) in [6.07, 6.45) is 0.475. The zero-order valence-electron chi connectivity index (χ0n) is 19.8. The van der Waals surface area contributed by atoms with Crippen molar-refractivity contribution >= 4 is 39.4 Å². The van der Waals surface area contributed by atoms with Gasteiger partial charge >= 0.3 is 5.97 Å². The maximum atomic E-state index is 14.2. The molecule has 0 spiro atoms. The van der Waals surface area contributed by atoms with E-state index in [0.717, 1.165) is 10.5 Å². The van der Waals surface area contributed by atoms with E-state index in [1.807, 2.05) is 38.1 Å². The predicted molar refractivity (Wildman–Crippen MR) is 140 cm³/mol. The van der Waals surface area contributed by atoms with Gasteiger partial charge in [-0.15, -0.1) is 11.8 Å². The van der Waals surface area contributed by atoms with Crippen LogP contribution in [0.25, 0.3) is 0 Å². The molecule has 1 fully saturated rings. The molecule has 35 heavy (non-hydrogen) atoms. The molecule has 0 bridgehead atoms. The molecule has 4 atom stereocenters. The van der Waals surface area contributed by atoms with E-state index in [4.69, 9.17) is 11.6 Å². The molecule has 1 aliphatic heterocycles. The number of benzene rings is 3. The maximum absolute atomic E-state index is 14.2. The molecule has 0 unspecified atom stereocenters. The second kappa shape index (κ2) is 10.3. The zero-order chi connectivity index (χ0) is 25.3. The topological polar surface area (TPSA) is 74.7 Å². The van der Waals surface area contributed by atoms with E-state index >= 15 is 0 Å². The van der Waals surface area contributed by atoms with Gasteiger partial charge in [-0.2, -0.15) is 4.31 Å². The molecule has 1 saturated heterocycles. The lowest BCUT2D eigenvalue weighted by Crippen LogP contribution is -2.40. The lowest BCUT2D eigenvalue weighted by molar-refractivity contribution is -0.142. The first kappa shape index (κ1) is 25.8. The Balaban J connectivity index is 1.91. The summed E-state index contributed by atoms with van der Waals surface area (Å²) in [6, 6.07) is 20.1. The van der Waals surface area contributed by atoms with E-state index in [1.165, 1.54) is 16.1 Å². The Kier molecular flexibility index (Phi) is 7.62. The summed E-state index contributed by atoms with van der Waals surface area (Å²) >= 11 is 7.55. The SMILES string of the molecule is CC[C@@H]1[C@@H](Sc2ccc(C)cc2)[C@@H](C(=O)O)[C@H](c2ccc(Cl)cc2)N1S(=O)(=O)c1ccccc1C. The molecule has 1 N–H and O–H groups in total. The minimum Gasteiger partial charge on any atom is -0.481 e. The molecule has 0 amide bonds. The monoisotopic (exact) mass is 529 g/mol. The lowest BCUT2D eigenvalue weighted by Gasteiger charge is -2.31. The molecule has 0 aromatic heterocycles. The number of hydrogen-bond acceptors (Lipinski definition) is 4. The highest BCUT2D eigenvalue weighted by Gasteiger charge is 2.57. The van der Waals surface area contributed by atoms with Crippen LogP contribution in [0.5, 0.6) is 0 Å². The molecule has 5 nitrogen and oxygen atoms in total. The van der Waals surface area contributed by atoms with Gasteiger partial charge in [0.15, 0.2) is 0 Å². The Morgan fingerprint density at radius 1 is 1.00 bits per heavy atom. The summed E-state index contributed by atoms with van der Waals surface area (Å²) in [5, 5.41) is 10.5. The number of rotatable bonds is 7. The number of carboxylic acids is 1.